The van der Waals surface area contributed by atoms with Gasteiger partial charge in [0, 0.05) is 31.8 Å². The maximum atomic E-state index is 13.1. The molecule has 1 fully saturated rings. The van der Waals surface area contributed by atoms with Gasteiger partial charge in [-0.1, -0.05) is 18.5 Å². The summed E-state index contributed by atoms with van der Waals surface area (Å²) >= 11 is 6.44. The van der Waals surface area contributed by atoms with Gasteiger partial charge in [0.15, 0.2) is 17.3 Å². The molecule has 1 amide bonds. The fraction of sp³-hybridized carbons (Fsp3) is 0.609. The molecular weight excluding hydrogens is 559 g/mol. The number of nitrogens with one attached hydrogen (secondary N) is 1. The van der Waals surface area contributed by atoms with Crippen LogP contribution < -0.4 is 10.1 Å². The van der Waals surface area contributed by atoms with E-state index in [1.165, 1.54) is 6.26 Å². The standard InChI is InChI=1S/C23H28ClF5N4O4S/c1-3-17-32-18(21(34)31-11-13-4-6-15(7-5-13)38(2,35)36)19(24)33(17)20-16(37-22(25)26)10-14(12-30-20)8-9-23(27,28)29/h10,12-13,15,22H,3-9,11H2,1-2H3,(H,31,34). The van der Waals surface area contributed by atoms with Crippen molar-refractivity contribution in [2.24, 2.45) is 5.92 Å². The third-order valence-corrected chi connectivity index (χ3v) is 8.42. The van der Waals surface area contributed by atoms with Gasteiger partial charge < -0.3 is 10.1 Å². The Labute approximate surface area is 221 Å². The second-order valence-corrected chi connectivity index (χ2v) is 11.9. The number of carbonyl (C=O) groups excluding carboxylic acids is 1. The van der Waals surface area contributed by atoms with Crippen molar-refractivity contribution in [2.45, 2.75) is 69.9 Å². The van der Waals surface area contributed by atoms with Crippen molar-refractivity contribution in [3.63, 3.8) is 0 Å². The second-order valence-electron chi connectivity index (χ2n) is 9.20. The number of carbonyl (C=O) groups is 1. The van der Waals surface area contributed by atoms with Crippen LogP contribution in [0.4, 0.5) is 22.0 Å². The summed E-state index contributed by atoms with van der Waals surface area (Å²) in [5, 5.41) is 2.13. The van der Waals surface area contributed by atoms with E-state index in [1.54, 1.807) is 6.92 Å². The van der Waals surface area contributed by atoms with E-state index in [0.717, 1.165) is 16.8 Å². The van der Waals surface area contributed by atoms with Crippen LogP contribution in [0.5, 0.6) is 5.75 Å². The average molecular weight is 587 g/mol. The number of sulfone groups is 1. The molecule has 1 saturated carbocycles. The van der Waals surface area contributed by atoms with E-state index in [2.05, 4.69) is 20.0 Å². The van der Waals surface area contributed by atoms with Gasteiger partial charge in [0.25, 0.3) is 5.91 Å². The number of pyridine rings is 1. The Hall–Kier alpha value is -2.48. The average Bonchev–Trinajstić information content (AvgIpc) is 3.16. The van der Waals surface area contributed by atoms with Crippen LogP contribution in [0, 0.1) is 5.92 Å². The first-order valence-corrected chi connectivity index (χ1v) is 14.3. The molecule has 0 bridgehead atoms. The number of hydrogen-bond acceptors (Lipinski definition) is 6. The summed E-state index contributed by atoms with van der Waals surface area (Å²) in [7, 11) is -3.12. The van der Waals surface area contributed by atoms with Crippen molar-refractivity contribution in [1.29, 1.82) is 0 Å². The Morgan fingerprint density at radius 2 is 1.92 bits per heavy atom. The van der Waals surface area contributed by atoms with Crippen molar-refractivity contribution in [1.82, 2.24) is 19.9 Å². The molecule has 8 nitrogen and oxygen atoms in total. The Bertz CT molecular complexity index is 1250. The fourth-order valence-electron chi connectivity index (χ4n) is 4.38. The molecule has 2 aromatic rings. The van der Waals surface area contributed by atoms with Crippen LogP contribution in [0.25, 0.3) is 5.82 Å². The summed E-state index contributed by atoms with van der Waals surface area (Å²) in [5.74, 6) is -1.10. The molecule has 0 unspecified atom stereocenters. The number of rotatable bonds is 10. The number of halogens is 6. The Balaban J connectivity index is 1.81. The van der Waals surface area contributed by atoms with Crippen LogP contribution in [0.1, 0.15) is 60.9 Å². The maximum absolute atomic E-state index is 13.1. The van der Waals surface area contributed by atoms with E-state index < -0.39 is 47.1 Å². The lowest BCUT2D eigenvalue weighted by Gasteiger charge is -2.27. The van der Waals surface area contributed by atoms with Gasteiger partial charge in [0.05, 0.1) is 5.25 Å². The quantitative estimate of drug-likeness (QED) is 0.397. The molecule has 212 valence electrons. The molecular formula is C23H28ClF5N4O4S. The summed E-state index contributed by atoms with van der Waals surface area (Å²) in [6.45, 7) is -1.34. The molecule has 0 aliphatic heterocycles. The van der Waals surface area contributed by atoms with E-state index in [1.807, 2.05) is 0 Å². The lowest BCUT2D eigenvalue weighted by Crippen LogP contribution is -2.34. The minimum absolute atomic E-state index is 0.0274. The molecule has 0 saturated heterocycles. The molecule has 2 heterocycles. The van der Waals surface area contributed by atoms with Crippen molar-refractivity contribution in [3.8, 4) is 11.6 Å². The van der Waals surface area contributed by atoms with Crippen molar-refractivity contribution in [3.05, 3.63) is 34.5 Å². The molecule has 0 radical (unpaired) electrons. The number of aryl methyl sites for hydroxylation is 2. The van der Waals surface area contributed by atoms with E-state index in [-0.39, 0.29) is 52.2 Å². The molecule has 0 aromatic carbocycles. The third-order valence-electron chi connectivity index (χ3n) is 6.39. The first-order chi connectivity index (χ1) is 17.7. The molecule has 2 aromatic heterocycles. The summed E-state index contributed by atoms with van der Waals surface area (Å²) < 4.78 is 93.2. The first-order valence-electron chi connectivity index (χ1n) is 11.9. The molecule has 1 N–H and O–H groups in total. The maximum Gasteiger partial charge on any atom is 0.389 e. The van der Waals surface area contributed by atoms with Crippen molar-refractivity contribution in [2.75, 3.05) is 12.8 Å². The number of nitrogens with zero attached hydrogens (tertiary/aromatic N) is 3. The lowest BCUT2D eigenvalue weighted by molar-refractivity contribution is -0.134. The normalized spacial score (nSPS) is 18.6. The number of aromatic nitrogens is 3. The first kappa shape index (κ1) is 30.1. The highest BCUT2D eigenvalue weighted by Crippen LogP contribution is 2.32. The molecule has 3 rings (SSSR count). The van der Waals surface area contributed by atoms with Gasteiger partial charge in [-0.2, -0.15) is 22.0 Å². The minimum atomic E-state index is -4.44. The Morgan fingerprint density at radius 3 is 2.47 bits per heavy atom. The number of hydrogen-bond donors (Lipinski definition) is 1. The highest BCUT2D eigenvalue weighted by molar-refractivity contribution is 7.91. The van der Waals surface area contributed by atoms with E-state index in [0.29, 0.717) is 25.7 Å². The lowest BCUT2D eigenvalue weighted by atomic mass is 9.89. The van der Waals surface area contributed by atoms with Gasteiger partial charge in [-0.25, -0.2) is 18.4 Å². The fourth-order valence-corrected chi connectivity index (χ4v) is 5.81. The number of ether oxygens (including phenoxy) is 1. The third kappa shape index (κ3) is 7.78. The molecule has 1 aliphatic carbocycles. The largest absolute Gasteiger partial charge is 0.431 e. The highest BCUT2D eigenvalue weighted by atomic mass is 35.5. The highest BCUT2D eigenvalue weighted by Gasteiger charge is 2.30. The van der Waals surface area contributed by atoms with Crippen molar-refractivity contribution >= 4 is 27.3 Å². The summed E-state index contributed by atoms with van der Waals surface area (Å²) in [6, 6.07) is 1.03. The minimum Gasteiger partial charge on any atom is -0.431 e. The second kappa shape index (κ2) is 12.1. The topological polar surface area (TPSA) is 103 Å². The molecule has 1 aliphatic rings. The Kier molecular flexibility index (Phi) is 9.61. The summed E-state index contributed by atoms with van der Waals surface area (Å²) in [5.41, 5.74) is -0.154. The Morgan fingerprint density at radius 1 is 1.26 bits per heavy atom. The van der Waals surface area contributed by atoms with Crippen LogP contribution in [0.3, 0.4) is 0 Å². The molecule has 0 atom stereocenters. The summed E-state index contributed by atoms with van der Waals surface area (Å²) in [6.07, 6.45) is -1.32. The van der Waals surface area contributed by atoms with Crippen molar-refractivity contribution < 1.29 is 39.9 Å². The predicted molar refractivity (Wildman–Crippen MR) is 130 cm³/mol. The van der Waals surface area contributed by atoms with Crippen LogP contribution >= 0.6 is 11.6 Å². The van der Waals surface area contributed by atoms with Gasteiger partial charge >= 0.3 is 12.8 Å². The molecule has 38 heavy (non-hydrogen) atoms. The van der Waals surface area contributed by atoms with Crippen LogP contribution in [0.15, 0.2) is 12.3 Å². The predicted octanol–water partition coefficient (Wildman–Crippen LogP) is 4.91. The van der Waals surface area contributed by atoms with Crippen LogP contribution in [-0.2, 0) is 22.7 Å². The zero-order chi connectivity index (χ0) is 28.3. The summed E-state index contributed by atoms with van der Waals surface area (Å²) in [4.78, 5) is 21.1. The smallest absolute Gasteiger partial charge is 0.389 e. The number of alkyl halides is 5. The van der Waals surface area contributed by atoms with Gasteiger partial charge in [-0.05, 0) is 49.7 Å². The van der Waals surface area contributed by atoms with Crippen LogP contribution in [0.2, 0.25) is 5.15 Å². The van der Waals surface area contributed by atoms with Gasteiger partial charge in [0.1, 0.15) is 20.8 Å². The number of amides is 1. The molecule has 0 spiro atoms. The van der Waals surface area contributed by atoms with Gasteiger partial charge in [0.2, 0.25) is 0 Å². The van der Waals surface area contributed by atoms with E-state index in [4.69, 9.17) is 11.6 Å². The molecule has 15 heteroatoms. The van der Waals surface area contributed by atoms with E-state index in [9.17, 15) is 35.2 Å². The SMILES string of the molecule is CCc1nc(C(=O)NCC2CCC(S(C)(=O)=O)CC2)c(Cl)n1-c1ncc(CCC(F)(F)F)cc1OC(F)F. The monoisotopic (exact) mass is 586 g/mol. The van der Waals surface area contributed by atoms with E-state index >= 15 is 0 Å². The zero-order valence-electron chi connectivity index (χ0n) is 20.7. The van der Waals surface area contributed by atoms with Gasteiger partial charge in [-0.15, -0.1) is 0 Å². The van der Waals surface area contributed by atoms with Gasteiger partial charge in [-0.3, -0.25) is 9.36 Å². The zero-order valence-corrected chi connectivity index (χ0v) is 22.3. The van der Waals surface area contributed by atoms with Crippen LogP contribution in [-0.4, -0.2) is 59.7 Å². The number of imidazole rings is 1.